The highest BCUT2D eigenvalue weighted by molar-refractivity contribution is 7.90. The molecule has 142 valence electrons. The van der Waals surface area contributed by atoms with Crippen molar-refractivity contribution in [2.24, 2.45) is 0 Å². The molecule has 27 heavy (non-hydrogen) atoms. The maximum Gasteiger partial charge on any atom is 0.267 e. The molecule has 4 rings (SSSR count). The van der Waals surface area contributed by atoms with Crippen molar-refractivity contribution in [3.8, 4) is 0 Å². The first kappa shape index (κ1) is 18.0. The van der Waals surface area contributed by atoms with Gasteiger partial charge in [-0.2, -0.15) is 5.10 Å². The van der Waals surface area contributed by atoms with Gasteiger partial charge in [-0.25, -0.2) is 12.4 Å². The Bertz CT molecular complexity index is 1040. The first-order chi connectivity index (χ1) is 12.9. The van der Waals surface area contributed by atoms with Gasteiger partial charge in [-0.1, -0.05) is 18.2 Å². The maximum absolute atomic E-state index is 13.0. The van der Waals surface area contributed by atoms with E-state index in [9.17, 15) is 8.42 Å². The van der Waals surface area contributed by atoms with Crippen LogP contribution in [0.3, 0.4) is 0 Å². The minimum absolute atomic E-state index is 0.310. The predicted octanol–water partition coefficient (Wildman–Crippen LogP) is 2.99. The number of benzene rings is 1. The zero-order valence-electron chi connectivity index (χ0n) is 15.6. The zero-order valence-corrected chi connectivity index (χ0v) is 16.4. The summed E-state index contributed by atoms with van der Waals surface area (Å²) in [5.41, 5.74) is 3.00. The summed E-state index contributed by atoms with van der Waals surface area (Å²) >= 11 is 0. The molecule has 2 aromatic heterocycles. The molecule has 6 nitrogen and oxygen atoms in total. The molecule has 0 amide bonds. The summed E-state index contributed by atoms with van der Waals surface area (Å²) in [5.74, 6) is 0. The largest absolute Gasteiger partial charge is 0.295 e. The van der Waals surface area contributed by atoms with Crippen LogP contribution in [0.1, 0.15) is 29.5 Å². The van der Waals surface area contributed by atoms with Crippen molar-refractivity contribution >= 4 is 10.0 Å². The van der Waals surface area contributed by atoms with Gasteiger partial charge in [0.1, 0.15) is 0 Å². The molecule has 0 unspecified atom stereocenters. The van der Waals surface area contributed by atoms with Gasteiger partial charge in [-0.15, -0.1) is 0 Å². The number of likely N-dealkylation sites (tertiary alicyclic amines) is 1. The van der Waals surface area contributed by atoms with Crippen molar-refractivity contribution in [3.05, 3.63) is 71.8 Å². The highest BCUT2D eigenvalue weighted by atomic mass is 32.2. The quantitative estimate of drug-likeness (QED) is 0.679. The molecule has 0 saturated carbocycles. The summed E-state index contributed by atoms with van der Waals surface area (Å²) in [6.45, 7) is 6.50. The molecule has 3 aromatic rings. The third kappa shape index (κ3) is 3.44. The van der Waals surface area contributed by atoms with E-state index in [1.54, 1.807) is 36.5 Å². The van der Waals surface area contributed by atoms with E-state index in [0.717, 1.165) is 30.9 Å². The average molecular weight is 385 g/mol. The van der Waals surface area contributed by atoms with Gasteiger partial charge in [-0.05, 0) is 50.6 Å². The molecule has 3 heterocycles. The lowest BCUT2D eigenvalue weighted by Gasteiger charge is -2.18. The van der Waals surface area contributed by atoms with Gasteiger partial charge < -0.3 is 0 Å². The minimum Gasteiger partial charge on any atom is -0.295 e. The Morgan fingerprint density at radius 3 is 2.59 bits per heavy atom. The zero-order chi connectivity index (χ0) is 19.0. The lowest BCUT2D eigenvalue weighted by Crippen LogP contribution is -2.25. The van der Waals surface area contributed by atoms with E-state index in [-0.39, 0.29) is 0 Å². The van der Waals surface area contributed by atoms with Gasteiger partial charge in [0.15, 0.2) is 0 Å². The van der Waals surface area contributed by atoms with E-state index >= 15 is 0 Å². The van der Waals surface area contributed by atoms with Crippen LogP contribution in [0, 0.1) is 13.8 Å². The number of aryl methyl sites for hydroxylation is 2. The fraction of sp³-hybridized carbons (Fsp3) is 0.350. The molecule has 0 spiro atoms. The number of rotatable bonds is 5. The Balaban J connectivity index is 1.52. The second-order valence-electron chi connectivity index (χ2n) is 7.16. The first-order valence-corrected chi connectivity index (χ1v) is 10.6. The molecule has 1 atom stereocenters. The summed E-state index contributed by atoms with van der Waals surface area (Å²) in [4.78, 5) is 2.61. The standard InChI is InChI=1S/C20H24N4O2S/c1-16-13-17(2)24(21-16)19-10-12-22(15-19)14-18-7-6-11-23(18)27(25,26)20-8-4-3-5-9-20/h3-9,11,13,19H,10,12,14-15H2,1-2H3/t19-/m0/s1. The predicted molar refractivity (Wildman–Crippen MR) is 104 cm³/mol. The molecule has 1 aromatic carbocycles. The van der Waals surface area contributed by atoms with Crippen molar-refractivity contribution in [2.75, 3.05) is 13.1 Å². The summed E-state index contributed by atoms with van der Waals surface area (Å²) in [7, 11) is -3.56. The summed E-state index contributed by atoms with van der Waals surface area (Å²) in [6.07, 6.45) is 2.65. The van der Waals surface area contributed by atoms with Crippen LogP contribution in [-0.4, -0.2) is 40.2 Å². The second-order valence-corrected chi connectivity index (χ2v) is 8.98. The van der Waals surface area contributed by atoms with Gasteiger partial charge >= 0.3 is 0 Å². The number of hydrogen-bond donors (Lipinski definition) is 0. The van der Waals surface area contributed by atoms with Crippen molar-refractivity contribution in [1.29, 1.82) is 0 Å². The molecule has 0 bridgehead atoms. The Hall–Kier alpha value is -2.38. The van der Waals surface area contributed by atoms with Crippen molar-refractivity contribution in [1.82, 2.24) is 18.7 Å². The lowest BCUT2D eigenvalue weighted by atomic mass is 10.2. The Labute approximate surface area is 160 Å². The van der Waals surface area contributed by atoms with Crippen LogP contribution in [0.15, 0.2) is 59.6 Å². The molecule has 1 saturated heterocycles. The van der Waals surface area contributed by atoms with Crippen LogP contribution in [0.25, 0.3) is 0 Å². The van der Waals surface area contributed by atoms with Crippen molar-refractivity contribution in [2.45, 2.75) is 37.8 Å². The third-order valence-electron chi connectivity index (χ3n) is 5.12. The Kier molecular flexibility index (Phi) is 4.65. The van der Waals surface area contributed by atoms with Crippen LogP contribution < -0.4 is 0 Å². The van der Waals surface area contributed by atoms with Gasteiger partial charge in [0.05, 0.1) is 16.6 Å². The average Bonchev–Trinajstić information content (AvgIpc) is 3.37. The summed E-state index contributed by atoms with van der Waals surface area (Å²) in [6, 6.07) is 14.7. The molecular weight excluding hydrogens is 360 g/mol. The van der Waals surface area contributed by atoms with Crippen LogP contribution >= 0.6 is 0 Å². The van der Waals surface area contributed by atoms with Gasteiger partial charge in [-0.3, -0.25) is 9.58 Å². The fourth-order valence-electron chi connectivity index (χ4n) is 3.86. The lowest BCUT2D eigenvalue weighted by molar-refractivity contribution is 0.306. The van der Waals surface area contributed by atoms with E-state index in [0.29, 0.717) is 17.5 Å². The smallest absolute Gasteiger partial charge is 0.267 e. The molecule has 7 heteroatoms. The van der Waals surface area contributed by atoms with Crippen molar-refractivity contribution in [3.63, 3.8) is 0 Å². The highest BCUT2D eigenvalue weighted by Gasteiger charge is 2.27. The van der Waals surface area contributed by atoms with E-state index in [4.69, 9.17) is 0 Å². The molecule has 0 aliphatic carbocycles. The van der Waals surface area contributed by atoms with Crippen molar-refractivity contribution < 1.29 is 8.42 Å². The van der Waals surface area contributed by atoms with Crippen LogP contribution in [0.2, 0.25) is 0 Å². The molecule has 1 fully saturated rings. The highest BCUT2D eigenvalue weighted by Crippen LogP contribution is 2.25. The number of hydrogen-bond acceptors (Lipinski definition) is 4. The molecule has 1 aliphatic rings. The second kappa shape index (κ2) is 6.98. The normalized spacial score (nSPS) is 18.2. The van der Waals surface area contributed by atoms with E-state index in [1.165, 1.54) is 9.67 Å². The molecule has 1 aliphatic heterocycles. The molecular formula is C20H24N4O2S. The van der Waals surface area contributed by atoms with Gasteiger partial charge in [0, 0.05) is 37.2 Å². The minimum atomic E-state index is -3.56. The monoisotopic (exact) mass is 384 g/mol. The Morgan fingerprint density at radius 2 is 1.89 bits per heavy atom. The SMILES string of the molecule is Cc1cc(C)n([C@H]2CCN(Cc3cccn3S(=O)(=O)c3ccccc3)C2)n1. The Morgan fingerprint density at radius 1 is 1.11 bits per heavy atom. The molecule has 0 radical (unpaired) electrons. The number of nitrogens with zero attached hydrogens (tertiary/aromatic N) is 4. The third-order valence-corrected chi connectivity index (χ3v) is 6.86. The summed E-state index contributed by atoms with van der Waals surface area (Å²) in [5, 5.41) is 4.61. The fourth-order valence-corrected chi connectivity index (χ4v) is 5.25. The number of aromatic nitrogens is 3. The van der Waals surface area contributed by atoms with E-state index < -0.39 is 10.0 Å². The summed E-state index contributed by atoms with van der Waals surface area (Å²) < 4.78 is 29.4. The maximum atomic E-state index is 13.0. The first-order valence-electron chi connectivity index (χ1n) is 9.17. The van der Waals surface area contributed by atoms with E-state index in [2.05, 4.69) is 27.7 Å². The van der Waals surface area contributed by atoms with Gasteiger partial charge in [0.2, 0.25) is 0 Å². The van der Waals surface area contributed by atoms with Crippen LogP contribution in [-0.2, 0) is 16.6 Å². The van der Waals surface area contributed by atoms with Gasteiger partial charge in [0.25, 0.3) is 10.0 Å². The topological polar surface area (TPSA) is 60.1 Å². The molecule has 0 N–H and O–H groups in total. The van der Waals surface area contributed by atoms with Crippen LogP contribution in [0.5, 0.6) is 0 Å². The van der Waals surface area contributed by atoms with E-state index in [1.807, 2.05) is 19.1 Å². The van der Waals surface area contributed by atoms with Crippen LogP contribution in [0.4, 0.5) is 0 Å².